The quantitative estimate of drug-likeness (QED) is 0.682. The van der Waals surface area contributed by atoms with Gasteiger partial charge in [0, 0.05) is 22.9 Å². The summed E-state index contributed by atoms with van der Waals surface area (Å²) in [4.78, 5) is 18.9. The van der Waals surface area contributed by atoms with Crippen molar-refractivity contribution in [1.29, 1.82) is 0 Å². The van der Waals surface area contributed by atoms with Gasteiger partial charge in [-0.2, -0.15) is 0 Å². The second-order valence-electron chi connectivity index (χ2n) is 7.32. The molecule has 6 heteroatoms. The highest BCUT2D eigenvalue weighted by molar-refractivity contribution is 7.21. The Morgan fingerprint density at radius 2 is 2.15 bits per heavy atom. The van der Waals surface area contributed by atoms with Crippen molar-refractivity contribution in [3.63, 3.8) is 0 Å². The predicted octanol–water partition coefficient (Wildman–Crippen LogP) is 4.74. The Morgan fingerprint density at radius 3 is 2.93 bits per heavy atom. The Bertz CT molecular complexity index is 998. The maximum atomic E-state index is 12.9. The van der Waals surface area contributed by atoms with E-state index in [2.05, 4.69) is 12.2 Å². The molecule has 1 fully saturated rings. The van der Waals surface area contributed by atoms with Crippen LogP contribution in [0.2, 0.25) is 0 Å². The minimum absolute atomic E-state index is 0.0756. The topological polar surface area (TPSA) is 77.2 Å². The number of thiophene rings is 1. The number of nitrogen functional groups attached to an aromatic ring is 1. The number of hydrogen-bond acceptors (Lipinski definition) is 5. The van der Waals surface area contributed by atoms with Crippen molar-refractivity contribution >= 4 is 44.1 Å². The molecule has 0 bridgehead atoms. The fourth-order valence-corrected chi connectivity index (χ4v) is 4.85. The maximum absolute atomic E-state index is 12.9. The Labute approximate surface area is 162 Å². The summed E-state index contributed by atoms with van der Waals surface area (Å²) in [5.41, 5.74) is 7.71. The van der Waals surface area contributed by atoms with Gasteiger partial charge < -0.3 is 15.8 Å². The number of benzene rings is 1. The summed E-state index contributed by atoms with van der Waals surface area (Å²) in [6, 6.07) is 8.08. The lowest BCUT2D eigenvalue weighted by atomic mass is 9.86. The van der Waals surface area contributed by atoms with Crippen molar-refractivity contribution < 1.29 is 9.53 Å². The number of carbonyl (C=O) groups is 1. The molecule has 3 N–H and O–H groups in total. The van der Waals surface area contributed by atoms with Gasteiger partial charge in [0.1, 0.15) is 15.5 Å². The molecule has 2 aromatic heterocycles. The van der Waals surface area contributed by atoms with Gasteiger partial charge in [0.15, 0.2) is 0 Å². The highest BCUT2D eigenvalue weighted by Gasteiger charge is 2.25. The van der Waals surface area contributed by atoms with E-state index in [1.54, 1.807) is 0 Å². The van der Waals surface area contributed by atoms with Crippen LogP contribution in [-0.2, 0) is 0 Å². The number of ether oxygens (including phenoxy) is 1. The van der Waals surface area contributed by atoms with Gasteiger partial charge in [-0.05, 0) is 43.9 Å². The van der Waals surface area contributed by atoms with Crippen LogP contribution in [-0.4, -0.2) is 23.5 Å². The van der Waals surface area contributed by atoms with E-state index >= 15 is 0 Å². The number of rotatable bonds is 4. The number of fused-ring (bicyclic) bond motifs is 2. The third-order valence-corrected chi connectivity index (χ3v) is 6.55. The van der Waals surface area contributed by atoms with Gasteiger partial charge in [-0.3, -0.25) is 4.79 Å². The van der Waals surface area contributed by atoms with Crippen molar-refractivity contribution in [2.45, 2.75) is 45.6 Å². The number of nitrogens with one attached hydrogen (secondary N) is 1. The molecule has 0 spiro atoms. The number of carbonyl (C=O) groups excluding carboxylic acids is 1. The van der Waals surface area contributed by atoms with E-state index in [0.717, 1.165) is 33.3 Å². The van der Waals surface area contributed by atoms with E-state index in [-0.39, 0.29) is 11.9 Å². The average molecular weight is 384 g/mol. The molecule has 0 aliphatic heterocycles. The summed E-state index contributed by atoms with van der Waals surface area (Å²) < 4.78 is 5.56. The first-order chi connectivity index (χ1) is 13.1. The monoisotopic (exact) mass is 383 g/mol. The van der Waals surface area contributed by atoms with Crippen LogP contribution >= 0.6 is 11.3 Å². The van der Waals surface area contributed by atoms with Gasteiger partial charge in [0.2, 0.25) is 0 Å². The summed E-state index contributed by atoms with van der Waals surface area (Å²) in [6.07, 6.45) is 4.63. The molecule has 4 rings (SSSR count). The molecule has 1 aromatic carbocycles. The van der Waals surface area contributed by atoms with Crippen molar-refractivity contribution in [2.75, 3.05) is 12.3 Å². The minimum atomic E-state index is -0.0756. The van der Waals surface area contributed by atoms with Crippen LogP contribution in [0.3, 0.4) is 0 Å². The molecule has 0 saturated heterocycles. The molecule has 0 unspecified atom stereocenters. The molecular formula is C21H25N3O2S. The molecule has 2 atom stereocenters. The second-order valence-corrected chi connectivity index (χ2v) is 8.31. The van der Waals surface area contributed by atoms with Crippen LogP contribution < -0.4 is 15.8 Å². The zero-order chi connectivity index (χ0) is 19.0. The zero-order valence-corrected chi connectivity index (χ0v) is 16.6. The maximum Gasteiger partial charge on any atom is 0.263 e. The van der Waals surface area contributed by atoms with Gasteiger partial charge in [-0.1, -0.05) is 19.8 Å². The van der Waals surface area contributed by atoms with Crippen LogP contribution in [0.5, 0.6) is 5.75 Å². The number of anilines is 1. The first-order valence-corrected chi connectivity index (χ1v) is 10.4. The molecule has 2 heterocycles. The Kier molecular flexibility index (Phi) is 4.91. The molecule has 1 aliphatic rings. The highest BCUT2D eigenvalue weighted by atomic mass is 32.1. The average Bonchev–Trinajstić information content (AvgIpc) is 2.98. The summed E-state index contributed by atoms with van der Waals surface area (Å²) >= 11 is 1.37. The van der Waals surface area contributed by atoms with Crippen LogP contribution in [0.4, 0.5) is 5.69 Å². The molecule has 3 aromatic rings. The first-order valence-electron chi connectivity index (χ1n) is 9.63. The summed E-state index contributed by atoms with van der Waals surface area (Å²) in [5, 5.41) is 5.03. The summed E-state index contributed by atoms with van der Waals surface area (Å²) in [7, 11) is 0. The standard InChI is InChI=1S/C21H25N3O2S/c1-3-26-14-9-8-13-10-15-18(22)19(27-21(15)24-17(13)11-14)20(25)23-16-7-5-4-6-12(16)2/h8-12,16H,3-7,22H2,1-2H3,(H,23,25)/t12-,16-/m1/s1. The lowest BCUT2D eigenvalue weighted by molar-refractivity contribution is 0.0915. The van der Waals surface area contributed by atoms with E-state index in [0.29, 0.717) is 23.1 Å². The van der Waals surface area contributed by atoms with Crippen LogP contribution in [0.1, 0.15) is 49.2 Å². The van der Waals surface area contributed by atoms with Gasteiger partial charge in [-0.15, -0.1) is 11.3 Å². The molecule has 1 amide bonds. The fourth-order valence-electron chi connectivity index (χ4n) is 3.86. The second kappa shape index (κ2) is 7.35. The smallest absolute Gasteiger partial charge is 0.263 e. The molecular weight excluding hydrogens is 358 g/mol. The number of amides is 1. The molecule has 0 radical (unpaired) electrons. The van der Waals surface area contributed by atoms with Crippen LogP contribution in [0, 0.1) is 5.92 Å². The summed E-state index contributed by atoms with van der Waals surface area (Å²) in [6.45, 7) is 4.78. The van der Waals surface area contributed by atoms with Gasteiger partial charge in [-0.25, -0.2) is 4.98 Å². The Morgan fingerprint density at radius 1 is 1.33 bits per heavy atom. The third kappa shape index (κ3) is 3.46. The predicted molar refractivity (Wildman–Crippen MR) is 112 cm³/mol. The molecule has 5 nitrogen and oxygen atoms in total. The number of aromatic nitrogens is 1. The lowest BCUT2D eigenvalue weighted by Gasteiger charge is -2.29. The van der Waals surface area contributed by atoms with Crippen molar-refractivity contribution in [1.82, 2.24) is 10.3 Å². The van der Waals surface area contributed by atoms with E-state index in [1.165, 1.54) is 30.6 Å². The van der Waals surface area contributed by atoms with Gasteiger partial charge >= 0.3 is 0 Å². The zero-order valence-electron chi connectivity index (χ0n) is 15.7. The van der Waals surface area contributed by atoms with E-state index < -0.39 is 0 Å². The number of nitrogens with zero attached hydrogens (tertiary/aromatic N) is 1. The molecule has 27 heavy (non-hydrogen) atoms. The van der Waals surface area contributed by atoms with E-state index in [9.17, 15) is 4.79 Å². The number of nitrogens with two attached hydrogens (primary N) is 1. The molecule has 1 aliphatic carbocycles. The van der Waals surface area contributed by atoms with E-state index in [1.807, 2.05) is 31.2 Å². The van der Waals surface area contributed by atoms with Crippen LogP contribution in [0.25, 0.3) is 21.1 Å². The van der Waals surface area contributed by atoms with E-state index in [4.69, 9.17) is 15.5 Å². The van der Waals surface area contributed by atoms with Crippen molar-refractivity contribution in [3.05, 3.63) is 29.1 Å². The highest BCUT2D eigenvalue weighted by Crippen LogP contribution is 2.35. The lowest BCUT2D eigenvalue weighted by Crippen LogP contribution is -2.40. The normalized spacial score (nSPS) is 20.1. The Hall–Kier alpha value is -2.34. The third-order valence-electron chi connectivity index (χ3n) is 5.43. The Balaban J connectivity index is 1.67. The van der Waals surface area contributed by atoms with Crippen molar-refractivity contribution in [2.24, 2.45) is 5.92 Å². The number of pyridine rings is 1. The van der Waals surface area contributed by atoms with Gasteiger partial charge in [0.05, 0.1) is 17.8 Å². The van der Waals surface area contributed by atoms with Crippen LogP contribution in [0.15, 0.2) is 24.3 Å². The minimum Gasteiger partial charge on any atom is -0.494 e. The number of hydrogen-bond donors (Lipinski definition) is 2. The molecule has 142 valence electrons. The molecule has 1 saturated carbocycles. The van der Waals surface area contributed by atoms with Crippen molar-refractivity contribution in [3.8, 4) is 5.75 Å². The SMILES string of the molecule is CCOc1ccc2cc3c(N)c(C(=O)N[C@@H]4CCCC[C@H]4C)sc3nc2c1. The summed E-state index contributed by atoms with van der Waals surface area (Å²) in [5.74, 6) is 1.23. The largest absolute Gasteiger partial charge is 0.494 e. The fraction of sp³-hybridized carbons (Fsp3) is 0.429. The first kappa shape index (κ1) is 18.0. The van der Waals surface area contributed by atoms with Gasteiger partial charge in [0.25, 0.3) is 5.91 Å².